The minimum Gasteiger partial charge on any atom is -0.329 e. The van der Waals surface area contributed by atoms with Gasteiger partial charge in [0.15, 0.2) is 0 Å². The zero-order valence-corrected chi connectivity index (χ0v) is 6.28. The number of quaternary nitrogens is 1. The zero-order valence-electron chi connectivity index (χ0n) is 6.28. The summed E-state index contributed by atoms with van der Waals surface area (Å²) in [5.41, 5.74) is 0. The normalized spacial score (nSPS) is 12.0. The molecule has 0 rings (SSSR count). The highest BCUT2D eigenvalue weighted by molar-refractivity contribution is 4.35. The first-order chi connectivity index (χ1) is 3.62. The van der Waals surface area contributed by atoms with Gasteiger partial charge in [-0.05, 0) is 20.3 Å². The second-order valence-electron chi connectivity index (χ2n) is 2.83. The lowest BCUT2D eigenvalue weighted by atomic mass is 10.4. The third-order valence-electron chi connectivity index (χ3n) is 1.62. The molecule has 0 heterocycles. The van der Waals surface area contributed by atoms with Crippen molar-refractivity contribution in [1.29, 1.82) is 0 Å². The van der Waals surface area contributed by atoms with E-state index < -0.39 is 0 Å². The summed E-state index contributed by atoms with van der Waals surface area (Å²) in [6.07, 6.45) is 1.04. The quantitative estimate of drug-likeness (QED) is 0.486. The van der Waals surface area contributed by atoms with Crippen molar-refractivity contribution in [2.75, 3.05) is 27.2 Å². The average Bonchev–Trinajstić information content (AvgIpc) is 1.67. The van der Waals surface area contributed by atoms with Crippen molar-refractivity contribution in [3.05, 3.63) is 6.92 Å². The van der Waals surface area contributed by atoms with Crippen LogP contribution in [0.15, 0.2) is 0 Å². The topological polar surface area (TPSA) is 0 Å². The molecular weight excluding hydrogens is 98.1 g/mol. The van der Waals surface area contributed by atoms with E-state index in [1.54, 1.807) is 0 Å². The fourth-order valence-electron chi connectivity index (χ4n) is 0.586. The summed E-state index contributed by atoms with van der Waals surface area (Å²) in [7, 11) is 4.45. The first-order valence-corrected chi connectivity index (χ1v) is 3.23. The SMILES string of the molecule is [CH2]CC[N+](C)(C)CC. The molecule has 0 N–H and O–H groups in total. The smallest absolute Gasteiger partial charge is 0.0782 e. The van der Waals surface area contributed by atoms with Gasteiger partial charge in [-0.2, -0.15) is 0 Å². The van der Waals surface area contributed by atoms with Crippen LogP contribution in [0.1, 0.15) is 13.3 Å². The monoisotopic (exact) mass is 115 g/mol. The van der Waals surface area contributed by atoms with Gasteiger partial charge in [0.2, 0.25) is 0 Å². The fourth-order valence-corrected chi connectivity index (χ4v) is 0.586. The van der Waals surface area contributed by atoms with Crippen molar-refractivity contribution in [2.45, 2.75) is 13.3 Å². The van der Waals surface area contributed by atoms with Crippen molar-refractivity contribution in [3.63, 3.8) is 0 Å². The molecule has 1 heteroatoms. The first kappa shape index (κ1) is 7.96. The molecule has 0 fully saturated rings. The molecule has 1 radical (unpaired) electrons. The van der Waals surface area contributed by atoms with Gasteiger partial charge >= 0.3 is 0 Å². The van der Waals surface area contributed by atoms with Crippen LogP contribution in [0.5, 0.6) is 0 Å². The van der Waals surface area contributed by atoms with Crippen molar-refractivity contribution in [2.24, 2.45) is 0 Å². The van der Waals surface area contributed by atoms with E-state index in [4.69, 9.17) is 0 Å². The molecule has 8 heavy (non-hydrogen) atoms. The van der Waals surface area contributed by atoms with Gasteiger partial charge in [0.1, 0.15) is 0 Å². The summed E-state index contributed by atoms with van der Waals surface area (Å²) in [5, 5.41) is 0. The fraction of sp³-hybridized carbons (Fsp3) is 0.857. The first-order valence-electron chi connectivity index (χ1n) is 3.23. The van der Waals surface area contributed by atoms with Gasteiger partial charge in [-0.3, -0.25) is 0 Å². The predicted molar refractivity (Wildman–Crippen MR) is 37.5 cm³/mol. The molecule has 0 aliphatic carbocycles. The average molecular weight is 115 g/mol. The highest BCUT2D eigenvalue weighted by Crippen LogP contribution is 1.95. The van der Waals surface area contributed by atoms with E-state index in [1.807, 2.05) is 0 Å². The maximum atomic E-state index is 3.80. The second-order valence-corrected chi connectivity index (χ2v) is 2.83. The van der Waals surface area contributed by atoms with Gasteiger partial charge in [0.25, 0.3) is 0 Å². The van der Waals surface area contributed by atoms with Crippen LogP contribution in [0.3, 0.4) is 0 Å². The Hall–Kier alpha value is -0.0400. The molecular formula is C7H17N+. The highest BCUT2D eigenvalue weighted by Gasteiger charge is 2.07. The van der Waals surface area contributed by atoms with Gasteiger partial charge in [0.05, 0.1) is 27.2 Å². The summed E-state index contributed by atoms with van der Waals surface area (Å²) in [6.45, 7) is 8.40. The van der Waals surface area contributed by atoms with E-state index in [-0.39, 0.29) is 0 Å². The van der Waals surface area contributed by atoms with Crippen LogP contribution in [-0.2, 0) is 0 Å². The Labute approximate surface area is 52.9 Å². The number of hydrogen-bond donors (Lipinski definition) is 0. The molecule has 0 aromatic rings. The van der Waals surface area contributed by atoms with Crippen molar-refractivity contribution in [1.82, 2.24) is 0 Å². The Morgan fingerprint density at radius 1 is 1.38 bits per heavy atom. The van der Waals surface area contributed by atoms with Crippen LogP contribution in [0, 0.1) is 6.92 Å². The Kier molecular flexibility index (Phi) is 3.06. The molecule has 0 saturated heterocycles. The third kappa shape index (κ3) is 3.03. The van der Waals surface area contributed by atoms with Crippen LogP contribution in [0.4, 0.5) is 0 Å². The van der Waals surface area contributed by atoms with E-state index in [0.29, 0.717) is 0 Å². The summed E-state index contributed by atoms with van der Waals surface area (Å²) >= 11 is 0. The maximum Gasteiger partial charge on any atom is 0.0782 e. The zero-order chi connectivity index (χ0) is 6.62. The van der Waals surface area contributed by atoms with E-state index >= 15 is 0 Å². The molecule has 0 amide bonds. The standard InChI is InChI=1S/C7H17N/c1-5-7-8(3,4)6-2/h1,5-7H2,2-4H3/q+1. The third-order valence-corrected chi connectivity index (χ3v) is 1.62. The molecule has 0 saturated carbocycles. The van der Waals surface area contributed by atoms with E-state index in [1.165, 1.54) is 13.1 Å². The van der Waals surface area contributed by atoms with Crippen LogP contribution in [0.2, 0.25) is 0 Å². The predicted octanol–water partition coefficient (Wildman–Crippen LogP) is 1.31. The van der Waals surface area contributed by atoms with E-state index in [0.717, 1.165) is 10.9 Å². The lowest BCUT2D eigenvalue weighted by molar-refractivity contribution is -0.888. The summed E-state index contributed by atoms with van der Waals surface area (Å²) in [6, 6.07) is 0. The summed E-state index contributed by atoms with van der Waals surface area (Å²) in [4.78, 5) is 0. The van der Waals surface area contributed by atoms with E-state index in [2.05, 4.69) is 27.9 Å². The van der Waals surface area contributed by atoms with Crippen LogP contribution >= 0.6 is 0 Å². The van der Waals surface area contributed by atoms with Crippen LogP contribution < -0.4 is 0 Å². The van der Waals surface area contributed by atoms with Gasteiger partial charge in [-0.25, -0.2) is 0 Å². The van der Waals surface area contributed by atoms with Gasteiger partial charge in [-0.1, -0.05) is 0 Å². The van der Waals surface area contributed by atoms with E-state index in [9.17, 15) is 0 Å². The Bertz CT molecular complexity index is 57.4. The molecule has 1 nitrogen and oxygen atoms in total. The lowest BCUT2D eigenvalue weighted by Crippen LogP contribution is -2.39. The molecule has 0 aliphatic rings. The number of nitrogens with zero attached hydrogens (tertiary/aromatic N) is 1. The second kappa shape index (κ2) is 3.08. The Morgan fingerprint density at radius 3 is 2.00 bits per heavy atom. The summed E-state index contributed by atoms with van der Waals surface area (Å²) < 4.78 is 1.10. The Balaban J connectivity index is 3.37. The molecule has 0 aromatic heterocycles. The van der Waals surface area contributed by atoms with Gasteiger partial charge in [-0.15, -0.1) is 0 Å². The minimum absolute atomic E-state index is 1.04. The maximum absolute atomic E-state index is 3.80. The molecule has 0 aliphatic heterocycles. The molecule has 0 aromatic carbocycles. The molecule has 0 spiro atoms. The van der Waals surface area contributed by atoms with Crippen molar-refractivity contribution >= 4 is 0 Å². The van der Waals surface area contributed by atoms with Gasteiger partial charge in [0, 0.05) is 0 Å². The number of hydrogen-bond acceptors (Lipinski definition) is 0. The van der Waals surface area contributed by atoms with Gasteiger partial charge < -0.3 is 4.48 Å². The summed E-state index contributed by atoms with van der Waals surface area (Å²) in [5.74, 6) is 0. The van der Waals surface area contributed by atoms with Crippen molar-refractivity contribution < 1.29 is 4.48 Å². The highest BCUT2D eigenvalue weighted by atomic mass is 15.3. The molecule has 0 unspecified atom stereocenters. The lowest BCUT2D eigenvalue weighted by Gasteiger charge is -2.27. The van der Waals surface area contributed by atoms with Crippen molar-refractivity contribution in [3.8, 4) is 0 Å². The largest absolute Gasteiger partial charge is 0.329 e. The van der Waals surface area contributed by atoms with Crippen LogP contribution in [0.25, 0.3) is 0 Å². The molecule has 49 valence electrons. The number of rotatable bonds is 3. The Morgan fingerprint density at radius 2 is 1.88 bits per heavy atom. The molecule has 0 bridgehead atoms. The minimum atomic E-state index is 1.04. The molecule has 0 atom stereocenters. The van der Waals surface area contributed by atoms with Crippen LogP contribution in [-0.4, -0.2) is 31.7 Å².